The minimum Gasteiger partial charge on any atom is -0.507 e. The fourth-order valence-corrected chi connectivity index (χ4v) is 3.68. The molecule has 1 N–H and O–H groups in total. The van der Waals surface area contributed by atoms with Crippen LogP contribution in [0.5, 0.6) is 5.75 Å². The lowest BCUT2D eigenvalue weighted by Crippen LogP contribution is -2.29. The number of amides is 1. The van der Waals surface area contributed by atoms with E-state index in [0.29, 0.717) is 29.2 Å². The summed E-state index contributed by atoms with van der Waals surface area (Å²) in [6.07, 6.45) is 0. The number of para-hydroxylation sites is 1. The minimum atomic E-state index is -0.894. The Morgan fingerprint density at radius 3 is 2.23 bits per heavy atom. The summed E-state index contributed by atoms with van der Waals surface area (Å²) in [5.74, 6) is -1.67. The number of hydrogen-bond acceptors (Lipinski definition) is 4. The van der Waals surface area contributed by atoms with Crippen LogP contribution in [0.25, 0.3) is 5.76 Å². The van der Waals surface area contributed by atoms with E-state index in [0.717, 1.165) is 0 Å². The van der Waals surface area contributed by atoms with Crippen molar-refractivity contribution in [2.45, 2.75) is 13.0 Å². The molecular weight excluding hydrogens is 397 g/mol. The summed E-state index contributed by atoms with van der Waals surface area (Å²) in [6.45, 7) is 2.36. The van der Waals surface area contributed by atoms with Crippen LogP contribution in [0, 0.1) is 5.82 Å². The number of carbonyl (C=O) groups is 2. The van der Waals surface area contributed by atoms with Crippen molar-refractivity contribution in [1.82, 2.24) is 0 Å². The van der Waals surface area contributed by atoms with Crippen LogP contribution in [0.4, 0.5) is 10.1 Å². The second kappa shape index (κ2) is 8.44. The predicted molar refractivity (Wildman–Crippen MR) is 115 cm³/mol. The van der Waals surface area contributed by atoms with Crippen molar-refractivity contribution in [2.24, 2.45) is 0 Å². The van der Waals surface area contributed by atoms with Gasteiger partial charge in [-0.05, 0) is 61.0 Å². The first kappa shape index (κ1) is 20.3. The topological polar surface area (TPSA) is 66.8 Å². The van der Waals surface area contributed by atoms with Crippen LogP contribution in [0.3, 0.4) is 0 Å². The normalized spacial score (nSPS) is 17.7. The van der Waals surface area contributed by atoms with E-state index < -0.39 is 23.5 Å². The number of Topliss-reactive ketones (excluding diaryl/α,β-unsaturated/α-hetero) is 1. The van der Waals surface area contributed by atoms with Crippen molar-refractivity contribution in [1.29, 1.82) is 0 Å². The number of rotatable bonds is 5. The van der Waals surface area contributed by atoms with E-state index in [1.165, 1.54) is 29.2 Å². The first-order chi connectivity index (χ1) is 15.0. The molecule has 31 heavy (non-hydrogen) atoms. The van der Waals surface area contributed by atoms with E-state index in [4.69, 9.17) is 4.74 Å². The number of nitrogens with zero attached hydrogens (tertiary/aromatic N) is 1. The van der Waals surface area contributed by atoms with Crippen LogP contribution in [-0.2, 0) is 9.59 Å². The Morgan fingerprint density at radius 1 is 0.968 bits per heavy atom. The summed E-state index contributed by atoms with van der Waals surface area (Å²) in [5, 5.41) is 11.0. The Labute approximate surface area is 179 Å². The second-order valence-electron chi connectivity index (χ2n) is 7.01. The van der Waals surface area contributed by atoms with Gasteiger partial charge in [0, 0.05) is 11.3 Å². The highest BCUT2D eigenvalue weighted by Gasteiger charge is 2.46. The first-order valence-corrected chi connectivity index (χ1v) is 9.86. The van der Waals surface area contributed by atoms with Crippen LogP contribution in [-0.4, -0.2) is 23.4 Å². The lowest BCUT2D eigenvalue weighted by Gasteiger charge is -2.25. The van der Waals surface area contributed by atoms with E-state index in [1.807, 2.05) is 6.92 Å². The van der Waals surface area contributed by atoms with E-state index >= 15 is 0 Å². The number of aliphatic hydroxyl groups is 1. The standard InChI is InChI=1S/C25H20FNO4/c1-2-31-20-14-10-17(11-15-20)23(28)21-22(16-8-12-18(26)13-9-16)27(25(30)24(21)29)19-6-4-3-5-7-19/h3-15,22,28H,2H2,1H3/b23-21-. The quantitative estimate of drug-likeness (QED) is 0.366. The summed E-state index contributed by atoms with van der Waals surface area (Å²) in [4.78, 5) is 27.3. The smallest absolute Gasteiger partial charge is 0.300 e. The molecule has 1 aliphatic rings. The van der Waals surface area contributed by atoms with Gasteiger partial charge < -0.3 is 9.84 Å². The molecule has 0 aromatic heterocycles. The number of ether oxygens (including phenoxy) is 1. The highest BCUT2D eigenvalue weighted by molar-refractivity contribution is 6.51. The van der Waals surface area contributed by atoms with Gasteiger partial charge in [0.2, 0.25) is 0 Å². The maximum atomic E-state index is 13.5. The third kappa shape index (κ3) is 3.80. The van der Waals surface area contributed by atoms with Crippen molar-refractivity contribution in [3.8, 4) is 5.75 Å². The van der Waals surface area contributed by atoms with Crippen LogP contribution in [0.15, 0.2) is 84.4 Å². The van der Waals surface area contributed by atoms with Gasteiger partial charge in [-0.3, -0.25) is 14.5 Å². The van der Waals surface area contributed by atoms with Crippen LogP contribution in [0.1, 0.15) is 24.1 Å². The van der Waals surface area contributed by atoms with Gasteiger partial charge in [-0.25, -0.2) is 4.39 Å². The molecule has 1 unspecified atom stereocenters. The summed E-state index contributed by atoms with van der Waals surface area (Å²) in [6, 6.07) is 20.0. The summed E-state index contributed by atoms with van der Waals surface area (Å²) >= 11 is 0. The monoisotopic (exact) mass is 417 g/mol. The van der Waals surface area contributed by atoms with Gasteiger partial charge in [0.1, 0.15) is 17.3 Å². The molecule has 156 valence electrons. The Morgan fingerprint density at radius 2 is 1.61 bits per heavy atom. The molecule has 1 atom stereocenters. The highest BCUT2D eigenvalue weighted by Crippen LogP contribution is 2.42. The van der Waals surface area contributed by atoms with Gasteiger partial charge in [-0.1, -0.05) is 30.3 Å². The zero-order valence-electron chi connectivity index (χ0n) is 16.8. The molecule has 4 rings (SSSR count). The van der Waals surface area contributed by atoms with E-state index in [1.54, 1.807) is 54.6 Å². The molecule has 1 heterocycles. The zero-order valence-corrected chi connectivity index (χ0v) is 16.8. The molecule has 0 saturated carbocycles. The Bertz CT molecular complexity index is 1140. The van der Waals surface area contributed by atoms with Crippen LogP contribution in [0.2, 0.25) is 0 Å². The van der Waals surface area contributed by atoms with Gasteiger partial charge >= 0.3 is 0 Å². The molecule has 0 radical (unpaired) electrons. The summed E-state index contributed by atoms with van der Waals surface area (Å²) < 4.78 is 19.0. The SMILES string of the molecule is CCOc1ccc(/C(O)=C2/C(=O)C(=O)N(c3ccccc3)C2c2ccc(F)cc2)cc1. The maximum absolute atomic E-state index is 13.5. The van der Waals surface area contributed by atoms with E-state index in [9.17, 15) is 19.1 Å². The second-order valence-corrected chi connectivity index (χ2v) is 7.01. The van der Waals surface area contributed by atoms with Crippen molar-refractivity contribution in [3.05, 3.63) is 101 Å². The third-order valence-electron chi connectivity index (χ3n) is 5.10. The molecule has 3 aromatic carbocycles. The van der Waals surface area contributed by atoms with Gasteiger partial charge in [0.15, 0.2) is 0 Å². The minimum absolute atomic E-state index is 0.0513. The molecule has 1 fully saturated rings. The molecule has 0 bridgehead atoms. The average Bonchev–Trinajstić information content (AvgIpc) is 3.06. The fraction of sp³-hybridized carbons (Fsp3) is 0.120. The Hall–Kier alpha value is -3.93. The number of anilines is 1. The van der Waals surface area contributed by atoms with Gasteiger partial charge in [-0.2, -0.15) is 0 Å². The van der Waals surface area contributed by atoms with Gasteiger partial charge in [-0.15, -0.1) is 0 Å². The van der Waals surface area contributed by atoms with Crippen molar-refractivity contribution >= 4 is 23.1 Å². The molecule has 0 spiro atoms. The maximum Gasteiger partial charge on any atom is 0.300 e. The summed E-state index contributed by atoms with van der Waals surface area (Å²) in [5.41, 5.74) is 1.34. The molecule has 1 saturated heterocycles. The third-order valence-corrected chi connectivity index (χ3v) is 5.10. The van der Waals surface area contributed by atoms with Gasteiger partial charge in [0.05, 0.1) is 18.2 Å². The van der Waals surface area contributed by atoms with Crippen LogP contribution >= 0.6 is 0 Å². The molecule has 3 aromatic rings. The lowest BCUT2D eigenvalue weighted by atomic mass is 9.95. The van der Waals surface area contributed by atoms with Crippen molar-refractivity contribution in [2.75, 3.05) is 11.5 Å². The average molecular weight is 417 g/mol. The summed E-state index contributed by atoms with van der Waals surface area (Å²) in [7, 11) is 0. The molecule has 0 aliphatic carbocycles. The number of benzene rings is 3. The van der Waals surface area contributed by atoms with Crippen molar-refractivity contribution in [3.63, 3.8) is 0 Å². The van der Waals surface area contributed by atoms with E-state index in [-0.39, 0.29) is 11.3 Å². The Balaban J connectivity index is 1.88. The van der Waals surface area contributed by atoms with Crippen molar-refractivity contribution < 1.29 is 23.8 Å². The van der Waals surface area contributed by atoms with Crippen LogP contribution < -0.4 is 9.64 Å². The zero-order chi connectivity index (χ0) is 22.0. The molecule has 1 amide bonds. The Kier molecular flexibility index (Phi) is 5.54. The fourth-order valence-electron chi connectivity index (χ4n) is 3.68. The van der Waals surface area contributed by atoms with E-state index in [2.05, 4.69) is 0 Å². The first-order valence-electron chi connectivity index (χ1n) is 9.86. The lowest BCUT2D eigenvalue weighted by molar-refractivity contribution is -0.132. The predicted octanol–water partition coefficient (Wildman–Crippen LogP) is 4.85. The number of ketones is 1. The number of halogens is 1. The molecule has 6 heteroatoms. The molecule has 1 aliphatic heterocycles. The number of aliphatic hydroxyl groups excluding tert-OH is 1. The largest absolute Gasteiger partial charge is 0.507 e. The molecule has 5 nitrogen and oxygen atoms in total. The number of carbonyl (C=O) groups excluding carboxylic acids is 2. The van der Waals surface area contributed by atoms with Gasteiger partial charge in [0.25, 0.3) is 11.7 Å². The number of hydrogen-bond donors (Lipinski definition) is 1. The molecular formula is C25H20FNO4. The highest BCUT2D eigenvalue weighted by atomic mass is 19.1.